The number of fused-ring (bicyclic) bond motifs is 1. The second-order valence-corrected chi connectivity index (χ2v) is 7.03. The fourth-order valence-electron chi connectivity index (χ4n) is 2.85. The average Bonchev–Trinajstić information content (AvgIpc) is 2.53. The van der Waals surface area contributed by atoms with E-state index in [4.69, 9.17) is 9.72 Å². The molecule has 0 N–H and O–H groups in total. The number of ether oxygens (including phenoxy) is 1. The van der Waals surface area contributed by atoms with Crippen molar-refractivity contribution in [2.75, 3.05) is 13.1 Å². The van der Waals surface area contributed by atoms with Crippen LogP contribution in [-0.2, 0) is 4.74 Å². The Morgan fingerprint density at radius 3 is 2.48 bits per heavy atom. The van der Waals surface area contributed by atoms with Crippen LogP contribution in [0.4, 0.5) is 4.79 Å². The van der Waals surface area contributed by atoms with Crippen LogP contribution in [0.3, 0.4) is 0 Å². The van der Waals surface area contributed by atoms with Crippen molar-refractivity contribution in [3.63, 3.8) is 0 Å². The molecule has 23 heavy (non-hydrogen) atoms. The maximum atomic E-state index is 12.1. The average molecular weight is 313 g/mol. The molecule has 0 atom stereocenters. The molecule has 0 spiro atoms. The summed E-state index contributed by atoms with van der Waals surface area (Å²) in [7, 11) is 0. The molecule has 0 unspecified atom stereocenters. The molecule has 0 aliphatic carbocycles. The summed E-state index contributed by atoms with van der Waals surface area (Å²) < 4.78 is 5.43. The summed E-state index contributed by atoms with van der Waals surface area (Å²) in [6.45, 7) is 7.08. The number of rotatable bonds is 1. The summed E-state index contributed by atoms with van der Waals surface area (Å²) in [6.07, 6.45) is 3.44. The molecule has 1 amide bonds. The highest BCUT2D eigenvalue weighted by atomic mass is 16.6. The van der Waals surface area contributed by atoms with Gasteiger partial charge in [0, 0.05) is 25.2 Å². The first-order valence-corrected chi connectivity index (χ1v) is 8.12. The predicted octanol–water partition coefficient (Wildman–Crippen LogP) is 3.74. The molecule has 2 aromatic rings. The van der Waals surface area contributed by atoms with Gasteiger partial charge in [-0.25, -0.2) is 9.78 Å². The van der Waals surface area contributed by atoms with Gasteiger partial charge in [-0.15, -0.1) is 0 Å². The van der Waals surface area contributed by atoms with Crippen LogP contribution in [-0.4, -0.2) is 39.7 Å². The molecule has 1 aliphatic heterocycles. The van der Waals surface area contributed by atoms with Gasteiger partial charge in [0.15, 0.2) is 0 Å². The Hall–Kier alpha value is -2.17. The normalized spacial score (nSPS) is 16.6. The Morgan fingerprint density at radius 2 is 1.83 bits per heavy atom. The van der Waals surface area contributed by atoms with E-state index in [1.807, 2.05) is 51.2 Å². The van der Waals surface area contributed by atoms with Gasteiger partial charge in [-0.05, 0) is 45.7 Å². The molecule has 5 nitrogen and oxygen atoms in total. The van der Waals surface area contributed by atoms with Crippen LogP contribution in [0.25, 0.3) is 11.0 Å². The lowest BCUT2D eigenvalue weighted by Crippen LogP contribution is -2.41. The van der Waals surface area contributed by atoms with Crippen molar-refractivity contribution in [2.24, 2.45) is 0 Å². The minimum atomic E-state index is -0.447. The van der Waals surface area contributed by atoms with Crippen molar-refractivity contribution in [1.82, 2.24) is 14.9 Å². The first-order chi connectivity index (χ1) is 10.9. The third kappa shape index (κ3) is 3.78. The van der Waals surface area contributed by atoms with Crippen LogP contribution in [0.2, 0.25) is 0 Å². The van der Waals surface area contributed by atoms with Crippen LogP contribution in [0.1, 0.15) is 45.2 Å². The van der Waals surface area contributed by atoms with E-state index in [9.17, 15) is 4.79 Å². The second kappa shape index (κ2) is 6.14. The SMILES string of the molecule is CC(C)(C)OC(=O)N1CCC(c2cnc3ccccc3n2)CC1. The number of carbonyl (C=O) groups excluding carboxylic acids is 1. The van der Waals surface area contributed by atoms with Gasteiger partial charge < -0.3 is 9.64 Å². The monoisotopic (exact) mass is 313 g/mol. The molecular formula is C18H23N3O2. The molecule has 5 heteroatoms. The van der Waals surface area contributed by atoms with Crippen LogP contribution in [0.5, 0.6) is 0 Å². The minimum absolute atomic E-state index is 0.222. The Kier molecular flexibility index (Phi) is 4.20. The molecule has 122 valence electrons. The van der Waals surface area contributed by atoms with Crippen LogP contribution in [0, 0.1) is 0 Å². The lowest BCUT2D eigenvalue weighted by Gasteiger charge is -2.33. The van der Waals surface area contributed by atoms with E-state index < -0.39 is 5.60 Å². The zero-order valence-electron chi connectivity index (χ0n) is 14.0. The third-order valence-corrected chi connectivity index (χ3v) is 4.03. The van der Waals surface area contributed by atoms with Gasteiger partial charge in [-0.3, -0.25) is 4.98 Å². The second-order valence-electron chi connectivity index (χ2n) is 7.03. The van der Waals surface area contributed by atoms with Crippen molar-refractivity contribution in [2.45, 2.75) is 45.1 Å². The van der Waals surface area contributed by atoms with Crippen molar-refractivity contribution in [1.29, 1.82) is 0 Å². The van der Waals surface area contributed by atoms with Gasteiger partial charge in [0.25, 0.3) is 0 Å². The number of hydrogen-bond acceptors (Lipinski definition) is 4. The van der Waals surface area contributed by atoms with Crippen LogP contribution < -0.4 is 0 Å². The third-order valence-electron chi connectivity index (χ3n) is 4.03. The van der Waals surface area contributed by atoms with Gasteiger partial charge in [0.2, 0.25) is 0 Å². The number of aromatic nitrogens is 2. The number of benzene rings is 1. The molecule has 2 heterocycles. The van der Waals surface area contributed by atoms with Crippen LogP contribution >= 0.6 is 0 Å². The summed E-state index contributed by atoms with van der Waals surface area (Å²) in [4.78, 5) is 23.1. The number of likely N-dealkylation sites (tertiary alicyclic amines) is 1. The molecule has 0 saturated carbocycles. The summed E-state index contributed by atoms with van der Waals surface area (Å²) in [5.41, 5.74) is 2.42. The van der Waals surface area contributed by atoms with E-state index >= 15 is 0 Å². The van der Waals surface area contributed by atoms with Crippen molar-refractivity contribution in [3.8, 4) is 0 Å². The summed E-state index contributed by atoms with van der Waals surface area (Å²) in [6, 6.07) is 7.90. The summed E-state index contributed by atoms with van der Waals surface area (Å²) >= 11 is 0. The molecule has 1 aromatic carbocycles. The van der Waals surface area contributed by atoms with E-state index in [2.05, 4.69) is 4.98 Å². The number of amides is 1. The van der Waals surface area contributed by atoms with E-state index in [1.165, 1.54) is 0 Å². The lowest BCUT2D eigenvalue weighted by molar-refractivity contribution is 0.0204. The highest BCUT2D eigenvalue weighted by Crippen LogP contribution is 2.28. The van der Waals surface area contributed by atoms with E-state index in [1.54, 1.807) is 4.90 Å². The molecule has 3 rings (SSSR count). The molecule has 1 aliphatic rings. The molecular weight excluding hydrogens is 290 g/mol. The Morgan fingerprint density at radius 1 is 1.17 bits per heavy atom. The molecule has 1 aromatic heterocycles. The highest BCUT2D eigenvalue weighted by Gasteiger charge is 2.28. The maximum Gasteiger partial charge on any atom is 0.410 e. The Labute approximate surface area is 136 Å². The van der Waals surface area contributed by atoms with Crippen LogP contribution in [0.15, 0.2) is 30.5 Å². The first kappa shape index (κ1) is 15.7. The molecule has 0 radical (unpaired) electrons. The lowest BCUT2D eigenvalue weighted by atomic mass is 9.94. The quantitative estimate of drug-likeness (QED) is 0.804. The van der Waals surface area contributed by atoms with E-state index in [0.717, 1.165) is 29.6 Å². The topological polar surface area (TPSA) is 55.3 Å². The summed E-state index contributed by atoms with van der Waals surface area (Å²) in [5, 5.41) is 0. The Balaban J connectivity index is 1.65. The zero-order chi connectivity index (χ0) is 16.4. The van der Waals surface area contributed by atoms with Crippen molar-refractivity contribution in [3.05, 3.63) is 36.2 Å². The smallest absolute Gasteiger partial charge is 0.410 e. The number of hydrogen-bond donors (Lipinski definition) is 0. The van der Waals surface area contributed by atoms with E-state index in [0.29, 0.717) is 19.0 Å². The fraction of sp³-hybridized carbons (Fsp3) is 0.500. The minimum Gasteiger partial charge on any atom is -0.444 e. The maximum absolute atomic E-state index is 12.1. The fourth-order valence-corrected chi connectivity index (χ4v) is 2.85. The van der Waals surface area contributed by atoms with Gasteiger partial charge in [-0.1, -0.05) is 12.1 Å². The first-order valence-electron chi connectivity index (χ1n) is 8.12. The van der Waals surface area contributed by atoms with Gasteiger partial charge in [0.05, 0.1) is 16.7 Å². The zero-order valence-corrected chi connectivity index (χ0v) is 14.0. The molecule has 1 saturated heterocycles. The molecule has 0 bridgehead atoms. The number of piperidine rings is 1. The van der Waals surface area contributed by atoms with Crippen molar-refractivity contribution < 1.29 is 9.53 Å². The van der Waals surface area contributed by atoms with Gasteiger partial charge >= 0.3 is 6.09 Å². The predicted molar refractivity (Wildman–Crippen MR) is 89.3 cm³/mol. The largest absolute Gasteiger partial charge is 0.444 e. The Bertz CT molecular complexity index is 701. The van der Waals surface area contributed by atoms with Crippen molar-refractivity contribution >= 4 is 17.1 Å². The molecule has 1 fully saturated rings. The number of nitrogens with zero attached hydrogens (tertiary/aromatic N) is 3. The highest BCUT2D eigenvalue weighted by molar-refractivity contribution is 5.73. The number of carbonyl (C=O) groups is 1. The number of para-hydroxylation sites is 2. The van der Waals surface area contributed by atoms with Gasteiger partial charge in [0.1, 0.15) is 5.60 Å². The summed E-state index contributed by atoms with van der Waals surface area (Å²) in [5.74, 6) is 0.353. The van der Waals surface area contributed by atoms with Gasteiger partial charge in [-0.2, -0.15) is 0 Å². The standard InChI is InChI=1S/C18H23N3O2/c1-18(2,3)23-17(22)21-10-8-13(9-11-21)16-12-19-14-6-4-5-7-15(14)20-16/h4-7,12-13H,8-11H2,1-3H3. The van der Waals surface area contributed by atoms with E-state index in [-0.39, 0.29) is 6.09 Å².